The van der Waals surface area contributed by atoms with Crippen LogP contribution in [0.1, 0.15) is 37.8 Å². The van der Waals surface area contributed by atoms with Crippen LogP contribution in [0.2, 0.25) is 0 Å². The highest BCUT2D eigenvalue weighted by molar-refractivity contribution is 6.21. The third-order valence-electron chi connectivity index (χ3n) is 7.61. The summed E-state index contributed by atoms with van der Waals surface area (Å²) in [6.07, 6.45) is 9.24. The van der Waals surface area contributed by atoms with Crippen molar-refractivity contribution in [3.63, 3.8) is 0 Å². The van der Waals surface area contributed by atoms with Crippen LogP contribution in [-0.4, -0.2) is 62.6 Å². The molecule has 0 amide bonds. The fraction of sp³-hybridized carbons (Fsp3) is 0.406. The van der Waals surface area contributed by atoms with E-state index in [0.717, 1.165) is 72.1 Å². The number of aromatic nitrogens is 1. The zero-order chi connectivity index (χ0) is 28.1. The summed E-state index contributed by atoms with van der Waals surface area (Å²) in [7, 11) is 8.19. The van der Waals surface area contributed by atoms with E-state index < -0.39 is 0 Å². The van der Waals surface area contributed by atoms with Gasteiger partial charge in [-0.15, -0.1) is 0 Å². The molecule has 0 saturated heterocycles. The SMILES string of the molecule is C=CC(=C/C)/C(=N\C(CC)Nc1cc(N)c(N(C)CCN(C)C)cc1NC)c1cn2c3c(cccc13)CCC2. The molecular formula is C32H45N7. The molecule has 1 unspecified atom stereocenters. The van der Waals surface area contributed by atoms with Gasteiger partial charge in [0, 0.05) is 50.9 Å². The van der Waals surface area contributed by atoms with Crippen molar-refractivity contribution in [3.05, 3.63) is 72.0 Å². The number of nitrogens with one attached hydrogen (secondary N) is 2. The first-order valence-corrected chi connectivity index (χ1v) is 14.0. The number of hydrogen-bond donors (Lipinski definition) is 3. The van der Waals surface area contributed by atoms with Gasteiger partial charge in [-0.3, -0.25) is 4.99 Å². The Labute approximate surface area is 234 Å². The van der Waals surface area contributed by atoms with Crippen LogP contribution in [0.4, 0.5) is 22.7 Å². The van der Waals surface area contributed by atoms with Crippen LogP contribution in [0.15, 0.2) is 65.8 Å². The highest BCUT2D eigenvalue weighted by Crippen LogP contribution is 2.35. The molecule has 1 aliphatic heterocycles. The van der Waals surface area contributed by atoms with Crippen molar-refractivity contribution in [3.8, 4) is 0 Å². The van der Waals surface area contributed by atoms with Crippen LogP contribution in [-0.2, 0) is 13.0 Å². The fourth-order valence-electron chi connectivity index (χ4n) is 5.39. The normalized spacial score (nSPS) is 14.5. The first kappa shape index (κ1) is 28.3. The molecule has 2 heterocycles. The molecule has 4 rings (SSSR count). The number of likely N-dealkylation sites (N-methyl/N-ethyl adjacent to an activating group) is 2. The number of allylic oxidation sites excluding steroid dienone is 3. The van der Waals surface area contributed by atoms with E-state index in [2.05, 4.69) is 103 Å². The minimum Gasteiger partial charge on any atom is -0.397 e. The average molecular weight is 528 g/mol. The molecule has 1 aliphatic rings. The number of nitrogens with two attached hydrogens (primary N) is 1. The number of hydrogen-bond acceptors (Lipinski definition) is 6. The van der Waals surface area contributed by atoms with Gasteiger partial charge in [0.2, 0.25) is 0 Å². The Hall–Kier alpha value is -3.71. The molecule has 0 spiro atoms. The van der Waals surface area contributed by atoms with Crippen molar-refractivity contribution in [2.75, 3.05) is 62.5 Å². The van der Waals surface area contributed by atoms with E-state index >= 15 is 0 Å². The number of nitrogen functional groups attached to an aromatic ring is 1. The van der Waals surface area contributed by atoms with E-state index in [1.807, 2.05) is 19.2 Å². The van der Waals surface area contributed by atoms with Crippen molar-refractivity contribution < 1.29 is 0 Å². The first-order chi connectivity index (χ1) is 18.8. The molecule has 4 N–H and O–H groups in total. The molecule has 0 bridgehead atoms. The lowest BCUT2D eigenvalue weighted by Gasteiger charge is -2.26. The number of anilines is 4. The molecule has 1 atom stereocenters. The van der Waals surface area contributed by atoms with Gasteiger partial charge in [-0.2, -0.15) is 0 Å². The van der Waals surface area contributed by atoms with Gasteiger partial charge in [0.1, 0.15) is 6.17 Å². The molecule has 0 radical (unpaired) electrons. The van der Waals surface area contributed by atoms with Gasteiger partial charge in [0.05, 0.1) is 34.0 Å². The number of rotatable bonds is 12. The summed E-state index contributed by atoms with van der Waals surface area (Å²) < 4.78 is 2.40. The molecule has 39 heavy (non-hydrogen) atoms. The molecule has 0 aliphatic carbocycles. The van der Waals surface area contributed by atoms with Gasteiger partial charge in [-0.05, 0) is 63.6 Å². The quantitative estimate of drug-likeness (QED) is 0.154. The lowest BCUT2D eigenvalue weighted by Crippen LogP contribution is -2.29. The fourth-order valence-corrected chi connectivity index (χ4v) is 5.39. The predicted octanol–water partition coefficient (Wildman–Crippen LogP) is 5.98. The Morgan fingerprint density at radius 1 is 1.21 bits per heavy atom. The van der Waals surface area contributed by atoms with E-state index in [9.17, 15) is 0 Å². The van der Waals surface area contributed by atoms with Gasteiger partial charge >= 0.3 is 0 Å². The third kappa shape index (κ3) is 5.98. The minimum atomic E-state index is -0.148. The smallest absolute Gasteiger partial charge is 0.119 e. The highest BCUT2D eigenvalue weighted by atomic mass is 15.2. The lowest BCUT2D eigenvalue weighted by molar-refractivity contribution is 0.416. The maximum Gasteiger partial charge on any atom is 0.119 e. The Morgan fingerprint density at radius 3 is 2.67 bits per heavy atom. The van der Waals surface area contributed by atoms with E-state index in [4.69, 9.17) is 10.7 Å². The van der Waals surface area contributed by atoms with Gasteiger partial charge in [0.15, 0.2) is 0 Å². The second-order valence-electron chi connectivity index (χ2n) is 10.6. The van der Waals surface area contributed by atoms with Crippen LogP contribution < -0.4 is 21.3 Å². The summed E-state index contributed by atoms with van der Waals surface area (Å²) in [5.74, 6) is 0. The number of aryl methyl sites for hydroxylation is 2. The summed E-state index contributed by atoms with van der Waals surface area (Å²) in [6.45, 7) is 11.2. The van der Waals surface area contributed by atoms with E-state index in [1.165, 1.54) is 22.9 Å². The second kappa shape index (κ2) is 12.4. The van der Waals surface area contributed by atoms with Gasteiger partial charge in [-0.25, -0.2) is 0 Å². The average Bonchev–Trinajstić information content (AvgIpc) is 3.31. The molecule has 0 saturated carbocycles. The van der Waals surface area contributed by atoms with Crippen molar-refractivity contribution in [1.29, 1.82) is 0 Å². The standard InChI is InChI=1S/C32H45N7/c1-8-22(9-2)31(25-21-39-16-12-14-23-13-11-15-24(25)32(23)39)36-30(10-3)35-28-19-26(33)29(20-27(28)34-4)38(7)18-17-37(5)6/h8-9,11,13,15,19-21,30,34-35H,1,10,12,14,16-18,33H2,2-7H3/b22-9-,36-31+. The second-order valence-corrected chi connectivity index (χ2v) is 10.6. The largest absolute Gasteiger partial charge is 0.397 e. The predicted molar refractivity (Wildman–Crippen MR) is 171 cm³/mol. The van der Waals surface area contributed by atoms with Crippen molar-refractivity contribution >= 4 is 39.4 Å². The molecule has 1 aromatic heterocycles. The molecule has 7 nitrogen and oxygen atoms in total. The van der Waals surface area contributed by atoms with Gasteiger partial charge < -0.3 is 30.7 Å². The van der Waals surface area contributed by atoms with Crippen molar-refractivity contribution in [2.24, 2.45) is 4.99 Å². The Morgan fingerprint density at radius 2 is 2.00 bits per heavy atom. The van der Waals surface area contributed by atoms with E-state index in [0.29, 0.717) is 0 Å². The molecule has 3 aromatic rings. The topological polar surface area (TPSA) is 73.8 Å². The molecule has 7 heteroatoms. The monoisotopic (exact) mass is 527 g/mol. The van der Waals surface area contributed by atoms with Gasteiger partial charge in [0.25, 0.3) is 0 Å². The summed E-state index contributed by atoms with van der Waals surface area (Å²) >= 11 is 0. The molecule has 208 valence electrons. The van der Waals surface area contributed by atoms with Crippen molar-refractivity contribution in [1.82, 2.24) is 9.47 Å². The first-order valence-electron chi connectivity index (χ1n) is 14.0. The zero-order valence-electron chi connectivity index (χ0n) is 24.5. The number of aliphatic imine (C=N–C) groups is 1. The molecule has 0 fully saturated rings. The highest BCUT2D eigenvalue weighted by Gasteiger charge is 2.21. The van der Waals surface area contributed by atoms with E-state index in [1.54, 1.807) is 0 Å². The number of benzene rings is 2. The molecule has 2 aromatic carbocycles. The van der Waals surface area contributed by atoms with Crippen LogP contribution in [0.3, 0.4) is 0 Å². The Balaban J connectivity index is 1.73. The Kier molecular flexibility index (Phi) is 9.02. The maximum atomic E-state index is 6.57. The van der Waals surface area contributed by atoms with Crippen LogP contribution in [0.25, 0.3) is 10.9 Å². The van der Waals surface area contributed by atoms with Gasteiger partial charge in [-0.1, -0.05) is 43.9 Å². The number of nitrogens with zero attached hydrogens (tertiary/aromatic N) is 4. The molecular weight excluding hydrogens is 482 g/mol. The summed E-state index contributed by atoms with van der Waals surface area (Å²) in [4.78, 5) is 9.71. The van der Waals surface area contributed by atoms with Crippen LogP contribution in [0.5, 0.6) is 0 Å². The number of para-hydroxylation sites is 1. The maximum absolute atomic E-state index is 6.57. The summed E-state index contributed by atoms with van der Waals surface area (Å²) in [5.41, 5.74) is 16.2. The Bertz CT molecular complexity index is 1380. The zero-order valence-corrected chi connectivity index (χ0v) is 24.5. The van der Waals surface area contributed by atoms with Crippen LogP contribution >= 0.6 is 0 Å². The third-order valence-corrected chi connectivity index (χ3v) is 7.61. The van der Waals surface area contributed by atoms with Crippen LogP contribution in [0, 0.1) is 0 Å². The minimum absolute atomic E-state index is 0.148. The summed E-state index contributed by atoms with van der Waals surface area (Å²) in [5, 5.41) is 8.29. The summed E-state index contributed by atoms with van der Waals surface area (Å²) in [6, 6.07) is 10.8. The van der Waals surface area contributed by atoms with Crippen molar-refractivity contribution in [2.45, 2.75) is 45.8 Å². The van der Waals surface area contributed by atoms with E-state index in [-0.39, 0.29) is 6.17 Å². The lowest BCUT2D eigenvalue weighted by atomic mass is 9.98.